The molecule has 0 atom stereocenters. The van der Waals surface area contributed by atoms with Crippen LogP contribution in [0.15, 0.2) is 76.4 Å². The number of H-pyrrole nitrogens is 1. The van der Waals surface area contributed by atoms with Crippen LogP contribution in [0, 0.1) is 5.82 Å². The van der Waals surface area contributed by atoms with Crippen molar-refractivity contribution in [3.8, 4) is 0 Å². The lowest BCUT2D eigenvalue weighted by Gasteiger charge is -2.21. The van der Waals surface area contributed by atoms with Crippen LogP contribution in [0.5, 0.6) is 0 Å². The normalized spacial score (nSPS) is 11.1. The fourth-order valence-corrected chi connectivity index (χ4v) is 3.73. The highest BCUT2D eigenvalue weighted by Crippen LogP contribution is 2.25. The average molecular weight is 506 g/mol. The fraction of sp³-hybridized carbons (Fsp3) is 0.192. The molecule has 186 valence electrons. The van der Waals surface area contributed by atoms with Gasteiger partial charge in [0, 0.05) is 24.7 Å². The lowest BCUT2D eigenvalue weighted by atomic mass is 10.1. The van der Waals surface area contributed by atoms with E-state index < -0.39 is 0 Å². The van der Waals surface area contributed by atoms with Gasteiger partial charge in [-0.25, -0.2) is 24.3 Å². The molecular formula is C26H28FN7OS. The summed E-state index contributed by atoms with van der Waals surface area (Å²) in [5.74, 6) is 0.769. The number of halogens is 1. The van der Waals surface area contributed by atoms with Gasteiger partial charge in [0.2, 0.25) is 0 Å². The van der Waals surface area contributed by atoms with Gasteiger partial charge < -0.3 is 15.6 Å². The number of nitrogens with zero attached hydrogens (tertiary/aromatic N) is 5. The van der Waals surface area contributed by atoms with Gasteiger partial charge in [-0.15, -0.1) is 0 Å². The number of nitrogen functional groups attached to an aromatic ring is 1. The summed E-state index contributed by atoms with van der Waals surface area (Å²) < 4.78 is 13.9. The third-order valence-electron chi connectivity index (χ3n) is 5.18. The van der Waals surface area contributed by atoms with Crippen LogP contribution < -0.4 is 16.2 Å². The van der Waals surface area contributed by atoms with Crippen LogP contribution in [0.2, 0.25) is 0 Å². The average Bonchev–Trinajstić information content (AvgIpc) is 2.89. The molecule has 0 unspecified atom stereocenters. The first-order chi connectivity index (χ1) is 17.4. The number of nitrogens with one attached hydrogen (secondary N) is 1. The Balaban J connectivity index is 0.000000221. The van der Waals surface area contributed by atoms with Gasteiger partial charge in [-0.2, -0.15) is 0 Å². The van der Waals surface area contributed by atoms with Gasteiger partial charge in [-0.05, 0) is 36.9 Å². The number of rotatable bonds is 6. The van der Waals surface area contributed by atoms with Crippen molar-refractivity contribution in [1.29, 1.82) is 0 Å². The largest absolute Gasteiger partial charge is 0.383 e. The lowest BCUT2D eigenvalue weighted by molar-refractivity contribution is 0.625. The highest BCUT2D eigenvalue weighted by Gasteiger charge is 2.11. The Morgan fingerprint density at radius 2 is 1.97 bits per heavy atom. The minimum absolute atomic E-state index is 0.161. The molecule has 36 heavy (non-hydrogen) atoms. The van der Waals surface area contributed by atoms with Crippen LogP contribution in [-0.4, -0.2) is 39.1 Å². The molecule has 8 nitrogen and oxygen atoms in total. The smallest absolute Gasteiger partial charge is 0.263 e. The monoisotopic (exact) mass is 505 g/mol. The number of benzene rings is 2. The number of aliphatic imine (C=N–C) groups is 1. The second-order valence-corrected chi connectivity index (χ2v) is 8.35. The maximum absolute atomic E-state index is 13.9. The minimum atomic E-state index is -0.319. The summed E-state index contributed by atoms with van der Waals surface area (Å²) in [6.07, 6.45) is 6.42. The van der Waals surface area contributed by atoms with Crippen LogP contribution in [-0.2, 0) is 0 Å². The van der Waals surface area contributed by atoms with Gasteiger partial charge in [0.25, 0.3) is 5.56 Å². The van der Waals surface area contributed by atoms with E-state index >= 15 is 0 Å². The zero-order valence-electron chi connectivity index (χ0n) is 20.4. The SMILES string of the molecule is C=Cc1c(F)cccc1N=C(CCC)N(C)c1ccccc1.CSc1nc(N)c2c(=O)[nH]cnc2n1. The maximum Gasteiger partial charge on any atom is 0.263 e. The Kier molecular flexibility index (Phi) is 9.29. The van der Waals surface area contributed by atoms with Crippen LogP contribution >= 0.6 is 11.8 Å². The number of amidine groups is 1. The Bertz CT molecular complexity index is 1420. The molecule has 0 saturated heterocycles. The molecular weight excluding hydrogens is 477 g/mol. The van der Waals surface area contributed by atoms with E-state index in [4.69, 9.17) is 5.73 Å². The van der Waals surface area contributed by atoms with Crippen molar-refractivity contribution in [1.82, 2.24) is 19.9 Å². The Morgan fingerprint density at radius 1 is 1.22 bits per heavy atom. The Morgan fingerprint density at radius 3 is 2.64 bits per heavy atom. The van der Waals surface area contributed by atoms with Crippen molar-refractivity contribution in [2.24, 2.45) is 4.99 Å². The summed E-state index contributed by atoms with van der Waals surface area (Å²) in [7, 11) is 1.98. The molecule has 0 aliphatic rings. The lowest BCUT2D eigenvalue weighted by Crippen LogP contribution is -2.25. The van der Waals surface area contributed by atoms with Crippen molar-refractivity contribution in [3.05, 3.63) is 83.2 Å². The van der Waals surface area contributed by atoms with Crippen LogP contribution in [0.4, 0.5) is 21.6 Å². The van der Waals surface area contributed by atoms with E-state index in [9.17, 15) is 9.18 Å². The Hall–Kier alpha value is -4.05. The first kappa shape index (κ1) is 26.6. The molecule has 0 fully saturated rings. The van der Waals surface area contributed by atoms with E-state index in [1.54, 1.807) is 6.07 Å². The molecule has 3 N–H and O–H groups in total. The molecule has 0 saturated carbocycles. The number of nitrogens with two attached hydrogens (primary N) is 1. The summed E-state index contributed by atoms with van der Waals surface area (Å²) in [6.45, 7) is 5.79. The van der Waals surface area contributed by atoms with E-state index in [2.05, 4.69) is 38.4 Å². The topological polar surface area (TPSA) is 113 Å². The van der Waals surface area contributed by atoms with Crippen molar-refractivity contribution in [2.45, 2.75) is 24.9 Å². The molecule has 2 heterocycles. The third-order valence-corrected chi connectivity index (χ3v) is 5.73. The molecule has 4 aromatic rings. The van der Waals surface area contributed by atoms with Crippen molar-refractivity contribution in [2.75, 3.05) is 23.9 Å². The van der Waals surface area contributed by atoms with E-state index in [1.807, 2.05) is 54.6 Å². The number of aromatic amines is 1. The second kappa shape index (κ2) is 12.6. The van der Waals surface area contributed by atoms with Gasteiger partial charge in [0.05, 0.1) is 12.0 Å². The van der Waals surface area contributed by atoms with Gasteiger partial charge in [-0.1, -0.05) is 55.6 Å². The molecule has 0 aliphatic carbocycles. The fourth-order valence-electron chi connectivity index (χ4n) is 3.36. The quantitative estimate of drug-likeness (QED) is 0.155. The molecule has 4 rings (SSSR count). The summed E-state index contributed by atoms with van der Waals surface area (Å²) in [4.78, 5) is 32.4. The molecule has 0 bridgehead atoms. The predicted molar refractivity (Wildman–Crippen MR) is 147 cm³/mol. The molecule has 0 amide bonds. The maximum atomic E-state index is 13.9. The summed E-state index contributed by atoms with van der Waals surface area (Å²) >= 11 is 1.35. The molecule has 10 heteroatoms. The van der Waals surface area contributed by atoms with E-state index in [1.165, 1.54) is 30.2 Å². The number of hydrogen-bond acceptors (Lipinski definition) is 7. The highest BCUT2D eigenvalue weighted by atomic mass is 32.2. The van der Waals surface area contributed by atoms with Gasteiger partial charge in [0.1, 0.15) is 22.9 Å². The first-order valence-corrected chi connectivity index (χ1v) is 12.4. The van der Waals surface area contributed by atoms with Crippen LogP contribution in [0.3, 0.4) is 0 Å². The van der Waals surface area contributed by atoms with E-state index in [-0.39, 0.29) is 22.6 Å². The zero-order chi connectivity index (χ0) is 26.1. The van der Waals surface area contributed by atoms with Gasteiger partial charge >= 0.3 is 0 Å². The number of hydrogen-bond donors (Lipinski definition) is 2. The second-order valence-electron chi connectivity index (χ2n) is 7.58. The molecule has 0 aliphatic heterocycles. The Labute approximate surface area is 213 Å². The number of thioether (sulfide) groups is 1. The number of anilines is 2. The van der Waals surface area contributed by atoms with Crippen molar-refractivity contribution >= 4 is 51.9 Å². The van der Waals surface area contributed by atoms with E-state index in [0.29, 0.717) is 22.1 Å². The first-order valence-electron chi connectivity index (χ1n) is 11.2. The third kappa shape index (κ3) is 6.33. The number of para-hydroxylation sites is 1. The number of aromatic nitrogens is 4. The summed E-state index contributed by atoms with van der Waals surface area (Å²) in [6, 6.07) is 14.9. The predicted octanol–water partition coefficient (Wildman–Crippen LogP) is 5.45. The van der Waals surface area contributed by atoms with Crippen LogP contribution in [0.1, 0.15) is 25.3 Å². The van der Waals surface area contributed by atoms with Crippen molar-refractivity contribution < 1.29 is 4.39 Å². The van der Waals surface area contributed by atoms with Gasteiger partial charge in [-0.3, -0.25) is 4.79 Å². The summed E-state index contributed by atoms with van der Waals surface area (Å²) in [5, 5.41) is 0.749. The zero-order valence-corrected chi connectivity index (χ0v) is 21.2. The van der Waals surface area contributed by atoms with Crippen molar-refractivity contribution in [3.63, 3.8) is 0 Å². The minimum Gasteiger partial charge on any atom is -0.383 e. The molecule has 2 aromatic heterocycles. The molecule has 2 aromatic carbocycles. The summed E-state index contributed by atoms with van der Waals surface area (Å²) in [5.41, 5.74) is 7.73. The number of fused-ring (bicyclic) bond motifs is 1. The molecule has 0 spiro atoms. The van der Waals surface area contributed by atoms with E-state index in [0.717, 1.165) is 24.4 Å². The standard InChI is InChI=1S/C19H21FN2.C7H7N5OS/c1-4-10-19(22(3)15-11-7-6-8-12-15)21-18-14-9-13-17(20)16(18)5-2;1-14-7-11-4(8)3-5(12-7)9-2-10-6(3)13/h5-9,11-14H,2,4,10H2,1,3H3;2H,1H3,(H3,8,9,10,11,12,13). The van der Waals surface area contributed by atoms with Crippen LogP contribution in [0.25, 0.3) is 17.1 Å². The van der Waals surface area contributed by atoms with Gasteiger partial charge in [0.15, 0.2) is 10.8 Å². The molecule has 0 radical (unpaired) electrons. The highest BCUT2D eigenvalue weighted by molar-refractivity contribution is 7.98.